The number of likely N-dealkylation sites (tertiary alicyclic amines) is 1. The second kappa shape index (κ2) is 7.28. The number of alkyl halides is 1. The number of unbranched alkanes of at least 4 members (excludes halogenated alkanes) is 1. The third-order valence-electron chi connectivity index (χ3n) is 4.74. The molecular formula is C15H30ClNO2Si. The number of hydrogen-bond donors (Lipinski definition) is 0. The smallest absolute Gasteiger partial charge is 0.224 e. The molecule has 20 heavy (non-hydrogen) atoms. The minimum absolute atomic E-state index is 0.184. The molecule has 0 N–H and O–H groups in total. The van der Waals surface area contributed by atoms with Gasteiger partial charge in [0.25, 0.3) is 0 Å². The Morgan fingerprint density at radius 2 is 2.00 bits per heavy atom. The summed E-state index contributed by atoms with van der Waals surface area (Å²) >= 11 is 5.72. The Kier molecular flexibility index (Phi) is 6.54. The van der Waals surface area contributed by atoms with Gasteiger partial charge < -0.3 is 9.33 Å². The van der Waals surface area contributed by atoms with E-state index in [1.165, 1.54) is 0 Å². The highest BCUT2D eigenvalue weighted by molar-refractivity contribution is 6.74. The van der Waals surface area contributed by atoms with Gasteiger partial charge in [-0.2, -0.15) is 0 Å². The summed E-state index contributed by atoms with van der Waals surface area (Å²) < 4.78 is 6.20. The van der Waals surface area contributed by atoms with Crippen LogP contribution in [0.5, 0.6) is 0 Å². The summed E-state index contributed by atoms with van der Waals surface area (Å²) in [5, 5.41) is 0.184. The second-order valence-corrected chi connectivity index (χ2v) is 12.5. The van der Waals surface area contributed by atoms with Gasteiger partial charge in [0, 0.05) is 18.3 Å². The molecule has 0 aromatic rings. The van der Waals surface area contributed by atoms with Crippen LogP contribution >= 0.6 is 11.6 Å². The molecule has 0 saturated carbocycles. The molecule has 118 valence electrons. The second-order valence-electron chi connectivity index (χ2n) is 7.27. The number of nitrogens with zero attached hydrogens (tertiary/aromatic N) is 1. The summed E-state index contributed by atoms with van der Waals surface area (Å²) in [5.74, 6) is 0.959. The van der Waals surface area contributed by atoms with Crippen molar-refractivity contribution < 1.29 is 9.22 Å². The van der Waals surface area contributed by atoms with E-state index in [9.17, 15) is 4.79 Å². The zero-order valence-corrected chi connectivity index (χ0v) is 15.4. The fourth-order valence-electron chi connectivity index (χ4n) is 2.19. The Morgan fingerprint density at radius 1 is 1.35 bits per heavy atom. The monoisotopic (exact) mass is 319 g/mol. The summed E-state index contributed by atoms with van der Waals surface area (Å²) in [5.41, 5.74) is 0. The first-order valence-corrected chi connectivity index (χ1v) is 11.1. The third-order valence-corrected chi connectivity index (χ3v) is 9.47. The van der Waals surface area contributed by atoms with Crippen molar-refractivity contribution in [3.05, 3.63) is 0 Å². The quantitative estimate of drug-likeness (QED) is 0.396. The number of halogens is 1. The Balaban J connectivity index is 2.53. The van der Waals surface area contributed by atoms with E-state index in [-0.39, 0.29) is 10.9 Å². The number of carbonyl (C=O) groups is 1. The molecular weight excluding hydrogens is 290 g/mol. The van der Waals surface area contributed by atoms with Gasteiger partial charge in [-0.25, -0.2) is 0 Å². The van der Waals surface area contributed by atoms with Gasteiger partial charge in [-0.15, -0.1) is 11.6 Å². The molecule has 1 rings (SSSR count). The first-order valence-electron chi connectivity index (χ1n) is 7.68. The largest absolute Gasteiger partial charge is 0.399 e. The normalized spacial score (nSPS) is 20.8. The minimum atomic E-state index is -1.78. The first-order chi connectivity index (χ1) is 9.19. The standard InChI is InChI=1S/C15H30ClNO2Si/c1-15(2,3)20(4,5)19-12-17-13(8-6-7-11-16)9-10-14(17)18/h13H,6-12H2,1-5H3/t13-/m1/s1. The Bertz CT molecular complexity index is 328. The lowest BCUT2D eigenvalue weighted by molar-refractivity contribution is -0.132. The summed E-state index contributed by atoms with van der Waals surface area (Å²) in [6, 6.07) is 0.357. The van der Waals surface area contributed by atoms with E-state index < -0.39 is 8.32 Å². The van der Waals surface area contributed by atoms with E-state index in [1.54, 1.807) is 0 Å². The van der Waals surface area contributed by atoms with Crippen LogP contribution in [0.1, 0.15) is 52.9 Å². The molecule has 0 radical (unpaired) electrons. The molecule has 1 atom stereocenters. The van der Waals surface area contributed by atoms with Gasteiger partial charge in [0.05, 0.1) is 0 Å². The molecule has 0 unspecified atom stereocenters. The van der Waals surface area contributed by atoms with Crippen molar-refractivity contribution in [2.24, 2.45) is 0 Å². The molecule has 0 aliphatic carbocycles. The van der Waals surface area contributed by atoms with Gasteiger partial charge in [0.2, 0.25) is 5.91 Å². The molecule has 1 aliphatic rings. The van der Waals surface area contributed by atoms with E-state index in [0.29, 0.717) is 25.1 Å². The van der Waals surface area contributed by atoms with Crippen LogP contribution in [-0.2, 0) is 9.22 Å². The number of hydrogen-bond acceptors (Lipinski definition) is 2. The maximum absolute atomic E-state index is 12.0. The van der Waals surface area contributed by atoms with Crippen LogP contribution in [-0.4, -0.2) is 37.8 Å². The maximum Gasteiger partial charge on any atom is 0.224 e. The lowest BCUT2D eigenvalue weighted by Gasteiger charge is -2.38. The minimum Gasteiger partial charge on any atom is -0.399 e. The molecule has 1 saturated heterocycles. The molecule has 1 amide bonds. The summed E-state index contributed by atoms with van der Waals surface area (Å²) in [6.07, 6.45) is 4.83. The highest BCUT2D eigenvalue weighted by Crippen LogP contribution is 2.37. The van der Waals surface area contributed by atoms with Crippen molar-refractivity contribution in [2.75, 3.05) is 12.6 Å². The average molecular weight is 320 g/mol. The van der Waals surface area contributed by atoms with Crippen molar-refractivity contribution in [3.63, 3.8) is 0 Å². The van der Waals surface area contributed by atoms with Crippen molar-refractivity contribution >= 4 is 25.8 Å². The van der Waals surface area contributed by atoms with E-state index >= 15 is 0 Å². The highest BCUT2D eigenvalue weighted by atomic mass is 35.5. The average Bonchev–Trinajstić information content (AvgIpc) is 2.67. The molecule has 0 aromatic carbocycles. The summed E-state index contributed by atoms with van der Waals surface area (Å²) in [7, 11) is -1.78. The first kappa shape index (κ1) is 18.0. The predicted octanol–water partition coefficient (Wildman–Crippen LogP) is 4.37. The van der Waals surface area contributed by atoms with Crippen LogP contribution in [0, 0.1) is 0 Å². The summed E-state index contributed by atoms with van der Waals surface area (Å²) in [4.78, 5) is 14.0. The zero-order valence-electron chi connectivity index (χ0n) is 13.7. The van der Waals surface area contributed by atoms with E-state index in [0.717, 1.165) is 25.7 Å². The SMILES string of the molecule is CC(C)(C)[Si](C)(C)OCN1C(=O)CC[C@H]1CCCCCl. The van der Waals surface area contributed by atoms with Gasteiger partial charge in [-0.1, -0.05) is 27.2 Å². The predicted molar refractivity (Wildman–Crippen MR) is 87.6 cm³/mol. The van der Waals surface area contributed by atoms with Crippen molar-refractivity contribution in [1.29, 1.82) is 0 Å². The molecule has 1 heterocycles. The van der Waals surface area contributed by atoms with E-state index in [4.69, 9.17) is 16.0 Å². The molecule has 0 bridgehead atoms. The van der Waals surface area contributed by atoms with Crippen molar-refractivity contribution in [1.82, 2.24) is 4.90 Å². The number of rotatable bonds is 7. The lowest BCUT2D eigenvalue weighted by Crippen LogP contribution is -2.46. The van der Waals surface area contributed by atoms with E-state index in [2.05, 4.69) is 33.9 Å². The molecule has 5 heteroatoms. The Morgan fingerprint density at radius 3 is 2.55 bits per heavy atom. The third kappa shape index (κ3) is 4.74. The Labute approximate surface area is 130 Å². The van der Waals surface area contributed by atoms with Crippen LogP contribution in [0.4, 0.5) is 0 Å². The van der Waals surface area contributed by atoms with Crippen molar-refractivity contribution in [3.8, 4) is 0 Å². The maximum atomic E-state index is 12.0. The zero-order chi connectivity index (χ0) is 15.4. The molecule has 1 aliphatic heterocycles. The van der Waals surface area contributed by atoms with Crippen LogP contribution < -0.4 is 0 Å². The molecule has 1 fully saturated rings. The molecule has 0 aromatic heterocycles. The van der Waals surface area contributed by atoms with Gasteiger partial charge in [-0.3, -0.25) is 4.79 Å². The van der Waals surface area contributed by atoms with Gasteiger partial charge in [0.1, 0.15) is 6.73 Å². The fourth-order valence-corrected chi connectivity index (χ4v) is 3.28. The molecule has 0 spiro atoms. The molecule has 3 nitrogen and oxygen atoms in total. The highest BCUT2D eigenvalue weighted by Gasteiger charge is 2.39. The van der Waals surface area contributed by atoms with Crippen molar-refractivity contribution in [2.45, 2.75) is 77.0 Å². The van der Waals surface area contributed by atoms with Crippen LogP contribution in [0.3, 0.4) is 0 Å². The van der Waals surface area contributed by atoms with Gasteiger partial charge in [0.15, 0.2) is 8.32 Å². The van der Waals surface area contributed by atoms with Crippen LogP contribution in [0.2, 0.25) is 18.1 Å². The van der Waals surface area contributed by atoms with Crippen LogP contribution in [0.25, 0.3) is 0 Å². The fraction of sp³-hybridized carbons (Fsp3) is 0.933. The number of carbonyl (C=O) groups excluding carboxylic acids is 1. The topological polar surface area (TPSA) is 29.5 Å². The van der Waals surface area contributed by atoms with Crippen LogP contribution in [0.15, 0.2) is 0 Å². The lowest BCUT2D eigenvalue weighted by atomic mass is 10.1. The number of amides is 1. The van der Waals surface area contributed by atoms with Gasteiger partial charge in [-0.05, 0) is 37.4 Å². The van der Waals surface area contributed by atoms with E-state index in [1.807, 2.05) is 4.90 Å². The Hall–Kier alpha value is -0.0631. The van der Waals surface area contributed by atoms with Gasteiger partial charge >= 0.3 is 0 Å². The summed E-state index contributed by atoms with van der Waals surface area (Å²) in [6.45, 7) is 11.6.